The van der Waals surface area contributed by atoms with Crippen molar-refractivity contribution in [2.45, 2.75) is 0 Å². The minimum Gasteiger partial charge on any atom is -0.497 e. The molecule has 120 valence electrons. The van der Waals surface area contributed by atoms with Gasteiger partial charge in [-0.05, 0) is 30.3 Å². The van der Waals surface area contributed by atoms with Crippen LogP contribution in [0.4, 0.5) is 0 Å². The molecule has 4 aromatic rings. The lowest BCUT2D eigenvalue weighted by Gasteiger charge is -1.98. The second-order valence-electron chi connectivity index (χ2n) is 5.26. The Labute approximate surface area is 147 Å². The third-order valence-electron chi connectivity index (χ3n) is 3.74. The highest BCUT2D eigenvalue weighted by atomic mass is 35.5. The smallest absolute Gasteiger partial charge is 0.156 e. The van der Waals surface area contributed by atoms with Gasteiger partial charge in [-0.25, -0.2) is 4.98 Å². The van der Waals surface area contributed by atoms with Crippen LogP contribution in [0.5, 0.6) is 5.75 Å². The summed E-state index contributed by atoms with van der Waals surface area (Å²) in [6.45, 7) is 0. The van der Waals surface area contributed by atoms with E-state index in [0.717, 1.165) is 33.7 Å². The molecule has 0 amide bonds. The van der Waals surface area contributed by atoms with Crippen LogP contribution in [0.15, 0.2) is 42.5 Å². The first-order valence-electron chi connectivity index (χ1n) is 7.19. The van der Waals surface area contributed by atoms with Crippen LogP contribution in [-0.4, -0.2) is 27.3 Å². The van der Waals surface area contributed by atoms with E-state index in [1.807, 2.05) is 30.3 Å². The maximum absolute atomic E-state index is 6.07. The Bertz CT molecular complexity index is 1040. The van der Waals surface area contributed by atoms with E-state index in [1.54, 1.807) is 19.2 Å². The van der Waals surface area contributed by atoms with Gasteiger partial charge >= 0.3 is 0 Å². The molecule has 0 aliphatic carbocycles. The molecule has 0 radical (unpaired) electrons. The van der Waals surface area contributed by atoms with E-state index in [0.29, 0.717) is 15.9 Å². The number of nitrogens with zero attached hydrogens (tertiary/aromatic N) is 2. The van der Waals surface area contributed by atoms with Gasteiger partial charge in [0.25, 0.3) is 0 Å². The van der Waals surface area contributed by atoms with E-state index in [1.165, 1.54) is 0 Å². The van der Waals surface area contributed by atoms with E-state index in [-0.39, 0.29) is 0 Å². The lowest BCUT2D eigenvalue weighted by Crippen LogP contribution is -1.81. The highest BCUT2D eigenvalue weighted by Gasteiger charge is 2.11. The molecular formula is C17H12Cl2N4O. The van der Waals surface area contributed by atoms with Crippen molar-refractivity contribution < 1.29 is 4.74 Å². The van der Waals surface area contributed by atoms with Crippen LogP contribution in [0.3, 0.4) is 0 Å². The number of H-pyrrole nitrogens is 2. The minimum atomic E-state index is 0.495. The molecule has 0 aliphatic rings. The van der Waals surface area contributed by atoms with Crippen LogP contribution in [-0.2, 0) is 0 Å². The van der Waals surface area contributed by atoms with Gasteiger partial charge < -0.3 is 9.72 Å². The van der Waals surface area contributed by atoms with Gasteiger partial charge in [0.2, 0.25) is 0 Å². The first-order chi connectivity index (χ1) is 11.6. The summed E-state index contributed by atoms with van der Waals surface area (Å²) in [5, 5.41) is 8.33. The SMILES string of the molecule is COc1ccc2nc(-c3cc(-c4ccc(Cl)c(Cl)c4)n[nH]3)[nH]c2c1. The maximum atomic E-state index is 6.07. The molecule has 7 heteroatoms. The highest BCUT2D eigenvalue weighted by Crippen LogP contribution is 2.29. The third-order valence-corrected chi connectivity index (χ3v) is 4.48. The Morgan fingerprint density at radius 1 is 1.00 bits per heavy atom. The number of fused-ring (bicyclic) bond motifs is 1. The molecular weight excluding hydrogens is 347 g/mol. The Hall–Kier alpha value is -2.50. The molecule has 0 fully saturated rings. The zero-order valence-electron chi connectivity index (χ0n) is 12.6. The molecule has 2 heterocycles. The Balaban J connectivity index is 1.72. The molecule has 0 aliphatic heterocycles. The van der Waals surface area contributed by atoms with E-state index < -0.39 is 0 Å². The van der Waals surface area contributed by atoms with Crippen molar-refractivity contribution in [2.75, 3.05) is 7.11 Å². The fourth-order valence-electron chi connectivity index (χ4n) is 2.49. The number of hydrogen-bond acceptors (Lipinski definition) is 3. The van der Waals surface area contributed by atoms with Crippen molar-refractivity contribution in [3.05, 3.63) is 52.5 Å². The molecule has 24 heavy (non-hydrogen) atoms. The minimum absolute atomic E-state index is 0.495. The zero-order valence-corrected chi connectivity index (χ0v) is 14.1. The van der Waals surface area contributed by atoms with Crippen LogP contribution < -0.4 is 4.74 Å². The summed E-state index contributed by atoms with van der Waals surface area (Å²) in [5.74, 6) is 1.48. The highest BCUT2D eigenvalue weighted by molar-refractivity contribution is 6.42. The van der Waals surface area contributed by atoms with Gasteiger partial charge in [0, 0.05) is 11.6 Å². The van der Waals surface area contributed by atoms with Gasteiger partial charge in [-0.1, -0.05) is 29.3 Å². The Morgan fingerprint density at radius 3 is 2.67 bits per heavy atom. The number of halogens is 2. The monoisotopic (exact) mass is 358 g/mol. The van der Waals surface area contributed by atoms with Crippen molar-refractivity contribution in [3.8, 4) is 28.5 Å². The van der Waals surface area contributed by atoms with Crippen LogP contribution >= 0.6 is 23.2 Å². The summed E-state index contributed by atoms with van der Waals surface area (Å²) in [4.78, 5) is 7.83. The van der Waals surface area contributed by atoms with Crippen molar-refractivity contribution in [1.82, 2.24) is 20.2 Å². The summed E-state index contributed by atoms with van der Waals surface area (Å²) in [6, 6.07) is 13.0. The number of aromatic nitrogens is 4. The van der Waals surface area contributed by atoms with E-state index in [4.69, 9.17) is 27.9 Å². The normalized spacial score (nSPS) is 11.1. The number of methoxy groups -OCH3 is 1. The van der Waals surface area contributed by atoms with Gasteiger partial charge in [-0.2, -0.15) is 5.10 Å². The second kappa shape index (κ2) is 5.85. The quantitative estimate of drug-likeness (QED) is 0.545. The number of ether oxygens (including phenoxy) is 1. The summed E-state index contributed by atoms with van der Waals surface area (Å²) < 4.78 is 5.23. The van der Waals surface area contributed by atoms with Crippen LogP contribution in [0.1, 0.15) is 0 Å². The molecule has 4 rings (SSSR count). The van der Waals surface area contributed by atoms with Gasteiger partial charge in [0.15, 0.2) is 5.82 Å². The first kappa shape index (κ1) is 15.1. The number of nitrogens with one attached hydrogen (secondary N) is 2. The molecule has 2 aromatic carbocycles. The predicted octanol–water partition coefficient (Wildman–Crippen LogP) is 4.94. The van der Waals surface area contributed by atoms with E-state index in [2.05, 4.69) is 20.2 Å². The molecule has 0 bridgehead atoms. The topological polar surface area (TPSA) is 66.6 Å². The van der Waals surface area contributed by atoms with Crippen LogP contribution in [0.25, 0.3) is 33.8 Å². The maximum Gasteiger partial charge on any atom is 0.156 e. The Kier molecular flexibility index (Phi) is 3.67. The summed E-state index contributed by atoms with van der Waals surface area (Å²) in [6.07, 6.45) is 0. The predicted molar refractivity (Wildman–Crippen MR) is 95.7 cm³/mol. The van der Waals surface area contributed by atoms with Gasteiger partial charge in [-0.3, -0.25) is 5.10 Å². The van der Waals surface area contributed by atoms with Gasteiger partial charge in [-0.15, -0.1) is 0 Å². The number of imidazole rings is 1. The van der Waals surface area contributed by atoms with Crippen molar-refractivity contribution >= 4 is 34.2 Å². The summed E-state index contributed by atoms with van der Waals surface area (Å²) >= 11 is 12.0. The molecule has 0 atom stereocenters. The van der Waals surface area contributed by atoms with Crippen molar-refractivity contribution in [2.24, 2.45) is 0 Å². The summed E-state index contributed by atoms with van der Waals surface area (Å²) in [7, 11) is 1.64. The second-order valence-corrected chi connectivity index (χ2v) is 6.08. The molecule has 0 spiro atoms. The fourth-order valence-corrected chi connectivity index (χ4v) is 2.79. The van der Waals surface area contributed by atoms with Crippen LogP contribution in [0, 0.1) is 0 Å². The third kappa shape index (κ3) is 2.62. The van der Waals surface area contributed by atoms with Gasteiger partial charge in [0.05, 0.1) is 33.9 Å². The number of benzene rings is 2. The van der Waals surface area contributed by atoms with E-state index in [9.17, 15) is 0 Å². The molecule has 2 N–H and O–H groups in total. The van der Waals surface area contributed by atoms with E-state index >= 15 is 0 Å². The number of hydrogen-bond donors (Lipinski definition) is 2. The molecule has 0 saturated carbocycles. The molecule has 5 nitrogen and oxygen atoms in total. The average Bonchev–Trinajstić information content (AvgIpc) is 3.22. The Morgan fingerprint density at radius 2 is 1.88 bits per heavy atom. The molecule has 0 saturated heterocycles. The lowest BCUT2D eigenvalue weighted by atomic mass is 10.1. The molecule has 0 unspecified atom stereocenters. The zero-order chi connectivity index (χ0) is 16.7. The van der Waals surface area contributed by atoms with Gasteiger partial charge in [0.1, 0.15) is 11.4 Å². The number of rotatable bonds is 3. The molecule has 2 aromatic heterocycles. The van der Waals surface area contributed by atoms with Crippen molar-refractivity contribution in [1.29, 1.82) is 0 Å². The average molecular weight is 359 g/mol. The largest absolute Gasteiger partial charge is 0.497 e. The summed E-state index contributed by atoms with van der Waals surface area (Å²) in [5.41, 5.74) is 4.18. The van der Waals surface area contributed by atoms with Crippen molar-refractivity contribution in [3.63, 3.8) is 0 Å². The standard InChI is InChI=1S/C17H12Cl2N4O/c1-24-10-3-5-13-15(7-10)21-17(20-13)16-8-14(22-23-16)9-2-4-11(18)12(19)6-9/h2-8H,1H3,(H,20,21)(H,22,23). The fraction of sp³-hybridized carbons (Fsp3) is 0.0588. The first-order valence-corrected chi connectivity index (χ1v) is 7.94. The number of aromatic amines is 2. The van der Waals surface area contributed by atoms with Crippen LogP contribution in [0.2, 0.25) is 10.0 Å². The lowest BCUT2D eigenvalue weighted by molar-refractivity contribution is 0.415.